The molecule has 26 heavy (non-hydrogen) atoms. The van der Waals surface area contributed by atoms with Crippen molar-refractivity contribution < 1.29 is 26.7 Å². The van der Waals surface area contributed by atoms with Gasteiger partial charge in [-0.25, -0.2) is 18.7 Å². The number of halogens is 5. The molecule has 4 nitrogen and oxygen atoms in total. The lowest BCUT2D eigenvalue weighted by Gasteiger charge is -2.15. The Morgan fingerprint density at radius 3 is 2.38 bits per heavy atom. The quantitative estimate of drug-likeness (QED) is 0.638. The molecule has 1 N–H and O–H groups in total. The first-order chi connectivity index (χ1) is 12.3. The predicted octanol–water partition coefficient (Wildman–Crippen LogP) is 5.08. The maximum absolute atomic E-state index is 13.0. The summed E-state index contributed by atoms with van der Waals surface area (Å²) in [6, 6.07) is 12.1. The topological polar surface area (TPSA) is 47.0 Å². The van der Waals surface area contributed by atoms with Crippen molar-refractivity contribution in [1.82, 2.24) is 9.97 Å². The average molecular weight is 369 g/mol. The molecule has 0 aliphatic rings. The summed E-state index contributed by atoms with van der Waals surface area (Å²) in [6.07, 6.45) is -7.71. The molecule has 1 heterocycles. The van der Waals surface area contributed by atoms with Crippen LogP contribution < -0.4 is 10.1 Å². The van der Waals surface area contributed by atoms with E-state index in [4.69, 9.17) is 0 Å². The monoisotopic (exact) mass is 369 g/mol. The number of ether oxygens (including phenoxy) is 1. The van der Waals surface area contributed by atoms with Crippen LogP contribution in [0.1, 0.15) is 17.8 Å². The average Bonchev–Trinajstić information content (AvgIpc) is 2.59. The highest BCUT2D eigenvalue weighted by molar-refractivity contribution is 5.89. The van der Waals surface area contributed by atoms with Crippen LogP contribution in [0.4, 0.5) is 27.8 Å². The van der Waals surface area contributed by atoms with Gasteiger partial charge in [-0.1, -0.05) is 30.3 Å². The van der Waals surface area contributed by atoms with E-state index in [9.17, 15) is 22.0 Å². The van der Waals surface area contributed by atoms with Gasteiger partial charge in [0.25, 0.3) is 6.43 Å². The molecule has 3 aromatic rings. The predicted molar refractivity (Wildman–Crippen MR) is 84.9 cm³/mol. The summed E-state index contributed by atoms with van der Waals surface area (Å²) in [5, 5.41) is 3.27. The molecule has 3 rings (SSSR count). The van der Waals surface area contributed by atoms with E-state index < -0.39 is 18.6 Å². The molecule has 0 saturated carbocycles. The van der Waals surface area contributed by atoms with Crippen LogP contribution in [0.25, 0.3) is 10.9 Å². The number of rotatable bonds is 5. The third-order valence-electron chi connectivity index (χ3n) is 3.46. The van der Waals surface area contributed by atoms with E-state index in [1.54, 1.807) is 30.3 Å². The van der Waals surface area contributed by atoms with E-state index in [0.717, 1.165) is 0 Å². The molecule has 0 atom stereocenters. The summed E-state index contributed by atoms with van der Waals surface area (Å²) in [5.74, 6) is -0.932. The van der Waals surface area contributed by atoms with Crippen LogP contribution in [-0.4, -0.2) is 16.3 Å². The van der Waals surface area contributed by atoms with Crippen LogP contribution >= 0.6 is 0 Å². The van der Waals surface area contributed by atoms with E-state index in [1.807, 2.05) is 0 Å². The number of para-hydroxylation sites is 2. The summed E-state index contributed by atoms with van der Waals surface area (Å²) >= 11 is 0. The lowest BCUT2D eigenvalue weighted by Crippen LogP contribution is -2.18. The number of alkyl halides is 5. The number of hydrogen-bond donors (Lipinski definition) is 1. The Balaban J connectivity index is 1.91. The molecule has 9 heteroatoms. The summed E-state index contributed by atoms with van der Waals surface area (Å²) in [7, 11) is 0. The van der Waals surface area contributed by atoms with Gasteiger partial charge < -0.3 is 10.1 Å². The molecular formula is C17H12F5N3O. The van der Waals surface area contributed by atoms with Crippen LogP contribution in [-0.2, 0) is 6.54 Å². The fraction of sp³-hybridized carbons (Fsp3) is 0.176. The molecule has 0 aliphatic heterocycles. The summed E-state index contributed by atoms with van der Waals surface area (Å²) in [4.78, 5) is 7.57. The Hall–Kier alpha value is -2.97. The van der Waals surface area contributed by atoms with Gasteiger partial charge in [0.2, 0.25) is 0 Å². The van der Waals surface area contributed by atoms with E-state index in [0.29, 0.717) is 10.9 Å². The third kappa shape index (κ3) is 4.16. The van der Waals surface area contributed by atoms with E-state index in [2.05, 4.69) is 20.0 Å². The maximum atomic E-state index is 13.0. The number of nitrogens with one attached hydrogen (secondary N) is 1. The second kappa shape index (κ2) is 7.11. The van der Waals surface area contributed by atoms with Crippen LogP contribution in [0.3, 0.4) is 0 Å². The highest BCUT2D eigenvalue weighted by Crippen LogP contribution is 2.28. The Labute approximate surface area is 144 Å². The van der Waals surface area contributed by atoms with Gasteiger partial charge in [0, 0.05) is 17.5 Å². The normalized spacial score (nSPS) is 11.8. The molecule has 0 spiro atoms. The SMILES string of the molecule is FC(F)c1nc(NCc2ccccc2OC(F)(F)F)c2ccccc2n1. The number of aromatic nitrogens is 2. The number of hydrogen-bond acceptors (Lipinski definition) is 4. The molecule has 2 aromatic carbocycles. The fourth-order valence-corrected chi connectivity index (χ4v) is 2.38. The molecule has 0 aliphatic carbocycles. The molecule has 0 fully saturated rings. The molecule has 0 saturated heterocycles. The van der Waals surface area contributed by atoms with Crippen molar-refractivity contribution in [1.29, 1.82) is 0 Å². The zero-order chi connectivity index (χ0) is 18.7. The summed E-state index contributed by atoms with van der Waals surface area (Å²) in [6.45, 7) is -0.101. The van der Waals surface area contributed by atoms with Gasteiger partial charge >= 0.3 is 6.36 Å². The Morgan fingerprint density at radius 2 is 1.65 bits per heavy atom. The van der Waals surface area contributed by atoms with Crippen LogP contribution in [0.2, 0.25) is 0 Å². The minimum absolute atomic E-state index is 0.101. The molecule has 136 valence electrons. The molecule has 0 amide bonds. The number of benzene rings is 2. The van der Waals surface area contributed by atoms with Crippen molar-refractivity contribution in [2.45, 2.75) is 19.3 Å². The van der Waals surface area contributed by atoms with Crippen LogP contribution in [0.5, 0.6) is 5.75 Å². The first-order valence-corrected chi connectivity index (χ1v) is 7.46. The Kier molecular flexibility index (Phi) is 4.88. The van der Waals surface area contributed by atoms with Gasteiger partial charge in [0.1, 0.15) is 11.6 Å². The second-order valence-corrected chi connectivity index (χ2v) is 5.26. The van der Waals surface area contributed by atoms with Crippen molar-refractivity contribution in [2.24, 2.45) is 0 Å². The van der Waals surface area contributed by atoms with Crippen LogP contribution in [0.15, 0.2) is 48.5 Å². The second-order valence-electron chi connectivity index (χ2n) is 5.26. The van der Waals surface area contributed by atoms with Crippen molar-refractivity contribution in [3.63, 3.8) is 0 Å². The van der Waals surface area contributed by atoms with E-state index in [1.165, 1.54) is 18.2 Å². The maximum Gasteiger partial charge on any atom is 0.573 e. The van der Waals surface area contributed by atoms with Crippen molar-refractivity contribution in [2.75, 3.05) is 5.32 Å². The first-order valence-electron chi connectivity index (χ1n) is 7.46. The van der Waals surface area contributed by atoms with Gasteiger partial charge in [-0.15, -0.1) is 13.2 Å². The van der Waals surface area contributed by atoms with Crippen molar-refractivity contribution in [3.8, 4) is 5.75 Å². The van der Waals surface area contributed by atoms with Crippen LogP contribution in [0, 0.1) is 0 Å². The zero-order valence-corrected chi connectivity index (χ0v) is 13.1. The highest BCUT2D eigenvalue weighted by atomic mass is 19.4. The van der Waals surface area contributed by atoms with Gasteiger partial charge in [-0.05, 0) is 18.2 Å². The molecule has 0 radical (unpaired) electrons. The lowest BCUT2D eigenvalue weighted by atomic mass is 10.2. The van der Waals surface area contributed by atoms with Gasteiger partial charge in [0.15, 0.2) is 5.82 Å². The molecular weight excluding hydrogens is 357 g/mol. The van der Waals surface area contributed by atoms with Gasteiger partial charge in [-0.2, -0.15) is 0 Å². The third-order valence-corrected chi connectivity index (χ3v) is 3.46. The van der Waals surface area contributed by atoms with E-state index in [-0.39, 0.29) is 23.7 Å². The minimum Gasteiger partial charge on any atom is -0.405 e. The van der Waals surface area contributed by atoms with E-state index >= 15 is 0 Å². The number of nitrogens with zero attached hydrogens (tertiary/aromatic N) is 2. The first kappa shape index (κ1) is 17.8. The molecule has 1 aromatic heterocycles. The summed E-state index contributed by atoms with van der Waals surface area (Å²) in [5.41, 5.74) is 0.506. The van der Waals surface area contributed by atoms with Gasteiger partial charge in [0.05, 0.1) is 5.52 Å². The van der Waals surface area contributed by atoms with Gasteiger partial charge in [-0.3, -0.25) is 0 Å². The summed E-state index contributed by atoms with van der Waals surface area (Å²) < 4.78 is 67.4. The minimum atomic E-state index is -4.83. The smallest absolute Gasteiger partial charge is 0.405 e. The highest BCUT2D eigenvalue weighted by Gasteiger charge is 2.32. The zero-order valence-electron chi connectivity index (χ0n) is 13.1. The largest absolute Gasteiger partial charge is 0.573 e. The lowest BCUT2D eigenvalue weighted by molar-refractivity contribution is -0.274. The standard InChI is InChI=1S/C17H12F5N3O/c18-14(19)16-24-12-7-3-2-6-11(12)15(25-16)23-9-10-5-1-4-8-13(10)26-17(20,21)22/h1-8,14H,9H2,(H,23,24,25). The number of anilines is 1. The fourth-order valence-electron chi connectivity index (χ4n) is 2.38. The van der Waals surface area contributed by atoms with Crippen molar-refractivity contribution >= 4 is 16.7 Å². The molecule has 0 bridgehead atoms. The van der Waals surface area contributed by atoms with Crippen molar-refractivity contribution in [3.05, 3.63) is 59.9 Å². The Morgan fingerprint density at radius 1 is 0.962 bits per heavy atom. The Bertz CT molecular complexity index is 914. The number of fused-ring (bicyclic) bond motifs is 1. The molecule has 0 unspecified atom stereocenters.